The third kappa shape index (κ3) is 1.78. The second-order valence-electron chi connectivity index (χ2n) is 3.51. The molecule has 0 saturated heterocycles. The predicted octanol–water partition coefficient (Wildman–Crippen LogP) is 0.970. The molecule has 0 saturated carbocycles. The summed E-state index contributed by atoms with van der Waals surface area (Å²) in [5.74, 6) is 1.44. The normalized spacial score (nSPS) is 15.4. The Morgan fingerprint density at radius 1 is 1.40 bits per heavy atom. The highest BCUT2D eigenvalue weighted by Crippen LogP contribution is 2.36. The molecule has 0 amide bonds. The molecule has 1 aromatic carbocycles. The van der Waals surface area contributed by atoms with Crippen LogP contribution in [0.1, 0.15) is 24.2 Å². The van der Waals surface area contributed by atoms with Crippen LogP contribution in [0.3, 0.4) is 0 Å². The van der Waals surface area contributed by atoms with Crippen molar-refractivity contribution in [2.24, 2.45) is 5.73 Å². The first-order valence-electron chi connectivity index (χ1n) is 5.06. The smallest absolute Gasteiger partial charge is 0.231 e. The zero-order valence-corrected chi connectivity index (χ0v) is 8.69. The second-order valence-corrected chi connectivity index (χ2v) is 3.51. The minimum Gasteiger partial charge on any atom is -0.454 e. The summed E-state index contributed by atoms with van der Waals surface area (Å²) in [6.45, 7) is 2.50. The number of fused-ring (bicyclic) bond motifs is 1. The standard InChI is InChI=1S/C11H15NO3/c1-2-7-3-10-11(15-6-14-10)4-8(7)9(13)5-12/h3-4,9,13H,2,5-6,12H2,1H3. The molecule has 4 heteroatoms. The zero-order chi connectivity index (χ0) is 10.8. The Morgan fingerprint density at radius 2 is 2.07 bits per heavy atom. The van der Waals surface area contributed by atoms with Gasteiger partial charge in [-0.1, -0.05) is 6.92 Å². The lowest BCUT2D eigenvalue weighted by atomic mass is 9.99. The summed E-state index contributed by atoms with van der Waals surface area (Å²) >= 11 is 0. The molecule has 0 radical (unpaired) electrons. The van der Waals surface area contributed by atoms with Crippen molar-refractivity contribution >= 4 is 0 Å². The number of rotatable bonds is 3. The topological polar surface area (TPSA) is 64.7 Å². The molecular formula is C11H15NO3. The first kappa shape index (κ1) is 10.3. The second kappa shape index (κ2) is 4.08. The third-order valence-corrected chi connectivity index (χ3v) is 2.60. The van der Waals surface area contributed by atoms with Gasteiger partial charge in [0.2, 0.25) is 6.79 Å². The van der Waals surface area contributed by atoms with Crippen LogP contribution in [-0.2, 0) is 6.42 Å². The number of aryl methyl sites for hydroxylation is 1. The lowest BCUT2D eigenvalue weighted by Crippen LogP contribution is -2.13. The van der Waals surface area contributed by atoms with Crippen molar-refractivity contribution in [3.05, 3.63) is 23.3 Å². The van der Waals surface area contributed by atoms with E-state index in [-0.39, 0.29) is 13.3 Å². The van der Waals surface area contributed by atoms with E-state index in [1.807, 2.05) is 19.1 Å². The molecule has 1 heterocycles. The molecule has 1 aliphatic rings. The van der Waals surface area contributed by atoms with E-state index >= 15 is 0 Å². The third-order valence-electron chi connectivity index (χ3n) is 2.60. The fourth-order valence-electron chi connectivity index (χ4n) is 1.74. The Bertz CT molecular complexity index is 365. The van der Waals surface area contributed by atoms with E-state index in [4.69, 9.17) is 15.2 Å². The highest BCUT2D eigenvalue weighted by Gasteiger charge is 2.19. The summed E-state index contributed by atoms with van der Waals surface area (Å²) in [5.41, 5.74) is 7.34. The van der Waals surface area contributed by atoms with Crippen LogP contribution in [0.5, 0.6) is 11.5 Å². The Balaban J connectivity index is 2.44. The van der Waals surface area contributed by atoms with Crippen LogP contribution >= 0.6 is 0 Å². The van der Waals surface area contributed by atoms with Crippen molar-refractivity contribution < 1.29 is 14.6 Å². The quantitative estimate of drug-likeness (QED) is 0.778. The van der Waals surface area contributed by atoms with Crippen LogP contribution in [0.4, 0.5) is 0 Å². The van der Waals surface area contributed by atoms with E-state index in [1.54, 1.807) is 0 Å². The van der Waals surface area contributed by atoms with E-state index in [0.717, 1.165) is 23.3 Å². The Kier molecular flexibility index (Phi) is 2.79. The molecule has 0 fully saturated rings. The van der Waals surface area contributed by atoms with Crippen LogP contribution in [0.25, 0.3) is 0 Å². The molecule has 0 spiro atoms. The van der Waals surface area contributed by atoms with Gasteiger partial charge in [-0.15, -0.1) is 0 Å². The first-order chi connectivity index (χ1) is 7.26. The Morgan fingerprint density at radius 3 is 2.67 bits per heavy atom. The molecule has 1 aliphatic heterocycles. The summed E-state index contributed by atoms with van der Waals surface area (Å²) in [6.07, 6.45) is 0.206. The summed E-state index contributed by atoms with van der Waals surface area (Å²) in [7, 11) is 0. The van der Waals surface area contributed by atoms with Crippen LogP contribution in [0.2, 0.25) is 0 Å². The van der Waals surface area contributed by atoms with Gasteiger partial charge in [0, 0.05) is 6.54 Å². The van der Waals surface area contributed by atoms with E-state index < -0.39 is 6.10 Å². The van der Waals surface area contributed by atoms with E-state index in [2.05, 4.69) is 0 Å². The van der Waals surface area contributed by atoms with Crippen molar-refractivity contribution in [3.8, 4) is 11.5 Å². The van der Waals surface area contributed by atoms with Gasteiger partial charge in [-0.25, -0.2) is 0 Å². The van der Waals surface area contributed by atoms with Crippen molar-refractivity contribution in [3.63, 3.8) is 0 Å². The fraction of sp³-hybridized carbons (Fsp3) is 0.455. The number of hydrogen-bond acceptors (Lipinski definition) is 4. The van der Waals surface area contributed by atoms with Gasteiger partial charge in [0.05, 0.1) is 6.10 Å². The number of benzene rings is 1. The van der Waals surface area contributed by atoms with Crippen LogP contribution in [0.15, 0.2) is 12.1 Å². The first-order valence-corrected chi connectivity index (χ1v) is 5.06. The number of aliphatic hydroxyl groups is 1. The van der Waals surface area contributed by atoms with E-state index in [0.29, 0.717) is 5.75 Å². The zero-order valence-electron chi connectivity index (χ0n) is 8.69. The lowest BCUT2D eigenvalue weighted by molar-refractivity contribution is 0.172. The Labute approximate surface area is 88.6 Å². The fourth-order valence-corrected chi connectivity index (χ4v) is 1.74. The average molecular weight is 209 g/mol. The monoisotopic (exact) mass is 209 g/mol. The number of hydrogen-bond donors (Lipinski definition) is 2. The minimum absolute atomic E-state index is 0.215. The van der Waals surface area contributed by atoms with Crippen LogP contribution in [-0.4, -0.2) is 18.4 Å². The molecular weight excluding hydrogens is 194 g/mol. The molecule has 3 N–H and O–H groups in total. The summed E-state index contributed by atoms with van der Waals surface area (Å²) < 4.78 is 10.5. The molecule has 1 unspecified atom stereocenters. The minimum atomic E-state index is -0.630. The van der Waals surface area contributed by atoms with E-state index in [1.165, 1.54) is 0 Å². The summed E-state index contributed by atoms with van der Waals surface area (Å²) in [4.78, 5) is 0. The maximum atomic E-state index is 9.75. The highest BCUT2D eigenvalue weighted by atomic mass is 16.7. The van der Waals surface area contributed by atoms with Gasteiger partial charge in [-0.2, -0.15) is 0 Å². The maximum Gasteiger partial charge on any atom is 0.231 e. The van der Waals surface area contributed by atoms with Crippen molar-refractivity contribution in [1.29, 1.82) is 0 Å². The van der Waals surface area contributed by atoms with Crippen molar-refractivity contribution in [2.45, 2.75) is 19.4 Å². The molecule has 2 rings (SSSR count). The van der Waals surface area contributed by atoms with Crippen molar-refractivity contribution in [2.75, 3.05) is 13.3 Å². The summed E-state index contributed by atoms with van der Waals surface area (Å²) in [6, 6.07) is 3.73. The molecule has 0 aromatic heterocycles. The van der Waals surface area contributed by atoms with Gasteiger partial charge in [-0.05, 0) is 29.7 Å². The summed E-state index contributed by atoms with van der Waals surface area (Å²) in [5, 5.41) is 9.75. The Hall–Kier alpha value is -1.26. The van der Waals surface area contributed by atoms with Crippen LogP contribution in [0, 0.1) is 0 Å². The molecule has 4 nitrogen and oxygen atoms in total. The predicted molar refractivity (Wildman–Crippen MR) is 56.0 cm³/mol. The average Bonchev–Trinajstić information content (AvgIpc) is 2.73. The van der Waals surface area contributed by atoms with Gasteiger partial charge in [0.1, 0.15) is 0 Å². The molecule has 1 atom stereocenters. The number of aliphatic hydroxyl groups excluding tert-OH is 1. The molecule has 82 valence electrons. The molecule has 0 aliphatic carbocycles. The van der Waals surface area contributed by atoms with Gasteiger partial charge >= 0.3 is 0 Å². The molecule has 0 bridgehead atoms. The van der Waals surface area contributed by atoms with Gasteiger partial charge in [0.25, 0.3) is 0 Å². The molecule has 15 heavy (non-hydrogen) atoms. The van der Waals surface area contributed by atoms with Gasteiger partial charge in [0.15, 0.2) is 11.5 Å². The lowest BCUT2D eigenvalue weighted by Gasteiger charge is -2.13. The maximum absolute atomic E-state index is 9.75. The van der Waals surface area contributed by atoms with Crippen LogP contribution < -0.4 is 15.2 Å². The largest absolute Gasteiger partial charge is 0.454 e. The number of nitrogens with two attached hydrogens (primary N) is 1. The van der Waals surface area contributed by atoms with E-state index in [9.17, 15) is 5.11 Å². The SMILES string of the molecule is CCc1cc2c(cc1C(O)CN)OCO2. The van der Waals surface area contributed by atoms with Gasteiger partial charge in [-0.3, -0.25) is 0 Å². The number of ether oxygens (including phenoxy) is 2. The highest BCUT2D eigenvalue weighted by molar-refractivity contribution is 5.49. The van der Waals surface area contributed by atoms with Gasteiger partial charge < -0.3 is 20.3 Å². The molecule has 1 aromatic rings. The van der Waals surface area contributed by atoms with Crippen molar-refractivity contribution in [1.82, 2.24) is 0 Å².